The van der Waals surface area contributed by atoms with Crippen LogP contribution in [0.2, 0.25) is 0 Å². The predicted octanol–water partition coefficient (Wildman–Crippen LogP) is 1.97. The van der Waals surface area contributed by atoms with E-state index in [4.69, 9.17) is 4.74 Å². The lowest BCUT2D eigenvalue weighted by molar-refractivity contribution is -0.387. The van der Waals surface area contributed by atoms with Crippen LogP contribution in [0.5, 0.6) is 5.88 Å². The van der Waals surface area contributed by atoms with E-state index in [1.165, 1.54) is 12.1 Å². The second-order valence-electron chi connectivity index (χ2n) is 4.67. The molecule has 114 valence electrons. The van der Waals surface area contributed by atoms with Crippen molar-refractivity contribution in [2.75, 3.05) is 11.9 Å². The summed E-state index contributed by atoms with van der Waals surface area (Å²) >= 11 is 0. The smallest absolute Gasteiger partial charge is 0.306 e. The molecule has 9 heteroatoms. The van der Waals surface area contributed by atoms with E-state index in [2.05, 4.69) is 10.4 Å². The van der Waals surface area contributed by atoms with Gasteiger partial charge in [-0.25, -0.2) is 4.68 Å². The summed E-state index contributed by atoms with van der Waals surface area (Å²) in [6.07, 6.45) is 0.805. The van der Waals surface area contributed by atoms with Crippen molar-refractivity contribution < 1.29 is 18.8 Å². The molecule has 0 fully saturated rings. The minimum atomic E-state index is -0.964. The van der Waals surface area contributed by atoms with E-state index in [1.54, 1.807) is 4.68 Å². The van der Waals surface area contributed by atoms with Crippen LogP contribution < -0.4 is 10.1 Å². The summed E-state index contributed by atoms with van der Waals surface area (Å²) in [6, 6.07) is 4.62. The van der Waals surface area contributed by atoms with E-state index >= 15 is 0 Å². The quantitative estimate of drug-likeness (QED) is 0.690. The molecule has 0 aliphatic carbocycles. The van der Waals surface area contributed by atoms with Gasteiger partial charge in [0.25, 0.3) is 5.91 Å². The molecule has 2 heterocycles. The highest BCUT2D eigenvalue weighted by Crippen LogP contribution is 2.23. The van der Waals surface area contributed by atoms with Gasteiger partial charge in [0.1, 0.15) is 0 Å². The Balaban J connectivity index is 1.81. The number of fused-ring (bicyclic) bond motifs is 1. The molecule has 22 heavy (non-hydrogen) atoms. The van der Waals surface area contributed by atoms with Crippen LogP contribution in [-0.4, -0.2) is 27.2 Å². The maximum atomic E-state index is 13.2. The molecule has 1 N–H and O–H groups in total. The van der Waals surface area contributed by atoms with Gasteiger partial charge >= 0.3 is 5.69 Å². The minimum absolute atomic E-state index is 0.116. The van der Waals surface area contributed by atoms with Gasteiger partial charge in [0.05, 0.1) is 11.5 Å². The van der Waals surface area contributed by atoms with Gasteiger partial charge in [-0.15, -0.1) is 0 Å². The van der Waals surface area contributed by atoms with Crippen molar-refractivity contribution in [3.63, 3.8) is 0 Å². The summed E-state index contributed by atoms with van der Waals surface area (Å²) < 4.78 is 20.2. The van der Waals surface area contributed by atoms with Crippen LogP contribution in [0.4, 0.5) is 15.8 Å². The van der Waals surface area contributed by atoms with Crippen molar-refractivity contribution >= 4 is 17.3 Å². The summed E-state index contributed by atoms with van der Waals surface area (Å²) in [5, 5.41) is 17.2. The molecule has 0 saturated carbocycles. The summed E-state index contributed by atoms with van der Waals surface area (Å²) in [6.45, 7) is 1.22. The van der Waals surface area contributed by atoms with E-state index in [0.29, 0.717) is 19.0 Å². The van der Waals surface area contributed by atoms with Crippen LogP contribution in [0.3, 0.4) is 0 Å². The van der Waals surface area contributed by atoms with Crippen LogP contribution in [0.25, 0.3) is 0 Å². The van der Waals surface area contributed by atoms with Crippen LogP contribution in [-0.2, 0) is 6.54 Å². The normalized spacial score (nSPS) is 13.1. The highest BCUT2D eigenvalue weighted by atomic mass is 19.1. The summed E-state index contributed by atoms with van der Waals surface area (Å²) in [4.78, 5) is 21.9. The van der Waals surface area contributed by atoms with Gasteiger partial charge in [-0.1, -0.05) is 0 Å². The number of nitro groups is 1. The Kier molecular flexibility index (Phi) is 3.45. The molecule has 8 nitrogen and oxygen atoms in total. The lowest BCUT2D eigenvalue weighted by atomic mass is 10.2. The van der Waals surface area contributed by atoms with Crippen LogP contribution in [0.1, 0.15) is 16.9 Å². The van der Waals surface area contributed by atoms with Gasteiger partial charge in [-0.2, -0.15) is 9.49 Å². The van der Waals surface area contributed by atoms with Gasteiger partial charge in [-0.3, -0.25) is 14.9 Å². The fraction of sp³-hybridized carbons (Fsp3) is 0.231. The first kappa shape index (κ1) is 14.0. The van der Waals surface area contributed by atoms with Crippen molar-refractivity contribution in [1.29, 1.82) is 0 Å². The average Bonchev–Trinajstić information content (AvgIpc) is 2.93. The molecule has 0 saturated heterocycles. The maximum absolute atomic E-state index is 13.2. The number of benzene rings is 1. The third kappa shape index (κ3) is 2.60. The highest BCUT2D eigenvalue weighted by molar-refractivity contribution is 6.03. The molecule has 2 aromatic rings. The number of ether oxygens (including phenoxy) is 1. The number of aryl methyl sites for hydroxylation is 1. The maximum Gasteiger partial charge on any atom is 0.306 e. The van der Waals surface area contributed by atoms with Gasteiger partial charge in [0.15, 0.2) is 5.69 Å². The lowest BCUT2D eigenvalue weighted by Gasteiger charge is -2.13. The molecule has 1 amide bonds. The van der Waals surface area contributed by atoms with Gasteiger partial charge in [0, 0.05) is 30.8 Å². The fourth-order valence-electron chi connectivity index (χ4n) is 2.10. The number of rotatable bonds is 3. The van der Waals surface area contributed by atoms with E-state index in [0.717, 1.165) is 18.6 Å². The summed E-state index contributed by atoms with van der Waals surface area (Å²) in [5.41, 5.74) is -0.459. The first-order valence-corrected chi connectivity index (χ1v) is 6.50. The van der Waals surface area contributed by atoms with Gasteiger partial charge < -0.3 is 10.1 Å². The Hall–Kier alpha value is -2.97. The topological polar surface area (TPSA) is 99.3 Å². The summed E-state index contributed by atoms with van der Waals surface area (Å²) in [5.74, 6) is -1.01. The molecule has 1 aromatic heterocycles. The van der Waals surface area contributed by atoms with Crippen molar-refractivity contribution in [3.05, 3.63) is 45.9 Å². The number of aromatic nitrogens is 2. The molecule has 0 unspecified atom stereocenters. The Labute approximate surface area is 123 Å². The van der Waals surface area contributed by atoms with Crippen LogP contribution in [0.15, 0.2) is 24.3 Å². The molecule has 0 radical (unpaired) electrons. The number of hydrogen-bond donors (Lipinski definition) is 1. The lowest BCUT2D eigenvalue weighted by Crippen LogP contribution is -2.16. The number of halogens is 1. The van der Waals surface area contributed by atoms with Crippen molar-refractivity contribution in [2.24, 2.45) is 0 Å². The first-order valence-electron chi connectivity index (χ1n) is 6.50. The van der Waals surface area contributed by atoms with E-state index in [1.807, 2.05) is 0 Å². The Morgan fingerprint density at radius 2 is 2.27 bits per heavy atom. The van der Waals surface area contributed by atoms with E-state index in [9.17, 15) is 19.3 Å². The largest absolute Gasteiger partial charge is 0.478 e. The molecular weight excluding hydrogens is 295 g/mol. The second-order valence-corrected chi connectivity index (χ2v) is 4.67. The zero-order valence-electron chi connectivity index (χ0n) is 11.3. The minimum Gasteiger partial charge on any atom is -0.478 e. The fourth-order valence-corrected chi connectivity index (χ4v) is 2.10. The number of hydrogen-bond acceptors (Lipinski definition) is 5. The van der Waals surface area contributed by atoms with Crippen molar-refractivity contribution in [2.45, 2.75) is 13.0 Å². The third-order valence-corrected chi connectivity index (χ3v) is 3.14. The molecule has 0 spiro atoms. The molecule has 0 bridgehead atoms. The van der Waals surface area contributed by atoms with Crippen LogP contribution in [0, 0.1) is 15.9 Å². The Morgan fingerprint density at radius 1 is 1.45 bits per heavy atom. The predicted molar refractivity (Wildman–Crippen MR) is 73.3 cm³/mol. The Morgan fingerprint density at radius 3 is 3.00 bits per heavy atom. The molecule has 3 rings (SSSR count). The number of anilines is 1. The van der Waals surface area contributed by atoms with Crippen LogP contribution >= 0.6 is 0 Å². The van der Waals surface area contributed by atoms with E-state index < -0.39 is 22.3 Å². The average molecular weight is 306 g/mol. The second kappa shape index (κ2) is 5.43. The van der Waals surface area contributed by atoms with Crippen molar-refractivity contribution in [3.8, 4) is 5.88 Å². The van der Waals surface area contributed by atoms with Crippen molar-refractivity contribution in [1.82, 2.24) is 9.78 Å². The van der Waals surface area contributed by atoms with E-state index in [-0.39, 0.29) is 11.4 Å². The SMILES string of the molecule is O=C(Nc1ccc(F)c([N+](=O)[O-])c1)c1cc2n(n1)CCCO2. The molecular formula is C13H11FN4O4. The number of nitro benzene ring substituents is 1. The highest BCUT2D eigenvalue weighted by Gasteiger charge is 2.20. The third-order valence-electron chi connectivity index (χ3n) is 3.14. The zero-order valence-corrected chi connectivity index (χ0v) is 11.3. The molecule has 0 atom stereocenters. The van der Waals surface area contributed by atoms with Gasteiger partial charge in [0.2, 0.25) is 11.7 Å². The first-order chi connectivity index (χ1) is 10.5. The molecule has 1 aromatic carbocycles. The number of amides is 1. The molecule has 1 aliphatic rings. The Bertz CT molecular complexity index is 735. The number of carbonyl (C=O) groups is 1. The molecule has 1 aliphatic heterocycles. The zero-order chi connectivity index (χ0) is 15.7. The standard InChI is InChI=1S/C13H11FN4O4/c14-9-3-2-8(6-11(9)18(20)21)15-13(19)10-7-12-17(16-10)4-1-5-22-12/h2-3,6-7H,1,4-5H2,(H,15,19). The monoisotopic (exact) mass is 306 g/mol. The summed E-state index contributed by atoms with van der Waals surface area (Å²) in [7, 11) is 0. The number of nitrogens with one attached hydrogen (secondary N) is 1. The number of nitrogens with zero attached hydrogens (tertiary/aromatic N) is 3. The van der Waals surface area contributed by atoms with Gasteiger partial charge in [-0.05, 0) is 12.1 Å². The number of carbonyl (C=O) groups excluding carboxylic acids is 1.